The summed E-state index contributed by atoms with van der Waals surface area (Å²) in [5.74, 6) is 0.108. The number of H-pyrrole nitrogens is 1. The van der Waals surface area contributed by atoms with Crippen molar-refractivity contribution in [2.75, 3.05) is 19.0 Å². The fourth-order valence-corrected chi connectivity index (χ4v) is 4.82. The third kappa shape index (κ3) is 2.83. The normalized spacial score (nSPS) is 21.8. The Kier molecular flexibility index (Phi) is 4.35. The Hall–Kier alpha value is -3.94. The molecule has 5 rings (SSSR count). The average Bonchev–Trinajstić information content (AvgIpc) is 3.32. The van der Waals surface area contributed by atoms with Crippen LogP contribution in [0.15, 0.2) is 65.7 Å². The van der Waals surface area contributed by atoms with Crippen LogP contribution in [0.1, 0.15) is 34.1 Å². The number of fused-ring (bicyclic) bond motifs is 2. The van der Waals surface area contributed by atoms with Crippen molar-refractivity contribution in [2.24, 2.45) is 0 Å². The number of hydrogen-bond acceptors (Lipinski definition) is 5. The highest BCUT2D eigenvalue weighted by Gasteiger charge is 2.59. The van der Waals surface area contributed by atoms with E-state index in [-0.39, 0.29) is 17.5 Å². The lowest BCUT2D eigenvalue weighted by atomic mass is 9.72. The SMILES string of the molecule is COc1cccc(C2N(C(=O)c3cncc(=O)[nH]3)CCC23C(=O)Nc2ccccc23)c1. The molecule has 156 valence electrons. The highest BCUT2D eigenvalue weighted by atomic mass is 16.5. The van der Waals surface area contributed by atoms with Crippen molar-refractivity contribution in [1.29, 1.82) is 0 Å². The van der Waals surface area contributed by atoms with E-state index >= 15 is 0 Å². The van der Waals surface area contributed by atoms with Gasteiger partial charge >= 0.3 is 0 Å². The number of anilines is 1. The molecule has 0 aliphatic carbocycles. The van der Waals surface area contributed by atoms with Crippen LogP contribution < -0.4 is 15.6 Å². The number of aromatic amines is 1. The highest BCUT2D eigenvalue weighted by molar-refractivity contribution is 6.08. The molecule has 8 heteroatoms. The summed E-state index contributed by atoms with van der Waals surface area (Å²) in [6.45, 7) is 0.347. The van der Waals surface area contributed by atoms with Crippen molar-refractivity contribution >= 4 is 17.5 Å². The number of benzene rings is 2. The summed E-state index contributed by atoms with van der Waals surface area (Å²) in [4.78, 5) is 46.6. The molecule has 3 heterocycles. The zero-order chi connectivity index (χ0) is 21.6. The third-order valence-corrected chi connectivity index (χ3v) is 6.14. The van der Waals surface area contributed by atoms with Gasteiger partial charge in [0, 0.05) is 12.2 Å². The van der Waals surface area contributed by atoms with Crippen LogP contribution in [0.25, 0.3) is 0 Å². The Labute approximate surface area is 177 Å². The van der Waals surface area contributed by atoms with E-state index in [4.69, 9.17) is 4.74 Å². The van der Waals surface area contributed by atoms with Crippen molar-refractivity contribution in [3.63, 3.8) is 0 Å². The van der Waals surface area contributed by atoms with Crippen LogP contribution in [0.2, 0.25) is 0 Å². The number of para-hydroxylation sites is 1. The standard InChI is InChI=1S/C23H20N4O4/c1-31-15-6-4-5-14(11-15)20-23(16-7-2-3-8-17(16)26-22(23)30)9-10-27(20)21(29)18-12-24-13-19(28)25-18/h2-8,11-13,20H,9-10H2,1H3,(H,25,28)(H,26,30). The van der Waals surface area contributed by atoms with Gasteiger partial charge in [0.1, 0.15) is 16.9 Å². The molecule has 0 bridgehead atoms. The average molecular weight is 416 g/mol. The van der Waals surface area contributed by atoms with Crippen LogP contribution in [-0.4, -0.2) is 40.3 Å². The molecule has 2 N–H and O–H groups in total. The first kappa shape index (κ1) is 19.0. The molecule has 0 radical (unpaired) electrons. The van der Waals surface area contributed by atoms with Gasteiger partial charge < -0.3 is 19.9 Å². The third-order valence-electron chi connectivity index (χ3n) is 6.14. The number of amides is 2. The van der Waals surface area contributed by atoms with Crippen LogP contribution in [0.3, 0.4) is 0 Å². The van der Waals surface area contributed by atoms with E-state index in [1.165, 1.54) is 6.20 Å². The second-order valence-electron chi connectivity index (χ2n) is 7.71. The van der Waals surface area contributed by atoms with E-state index in [1.54, 1.807) is 12.0 Å². The molecule has 2 aliphatic rings. The largest absolute Gasteiger partial charge is 0.497 e. The summed E-state index contributed by atoms with van der Waals surface area (Å²) >= 11 is 0. The second kappa shape index (κ2) is 7.09. The van der Waals surface area contributed by atoms with Gasteiger partial charge in [-0.25, -0.2) is 0 Å². The Morgan fingerprint density at radius 1 is 1.16 bits per heavy atom. The summed E-state index contributed by atoms with van der Waals surface area (Å²) in [6.07, 6.45) is 2.90. The van der Waals surface area contributed by atoms with Crippen LogP contribution in [0.4, 0.5) is 5.69 Å². The molecular formula is C23H20N4O4. The number of nitrogens with one attached hydrogen (secondary N) is 2. The predicted octanol–water partition coefficient (Wildman–Crippen LogP) is 2.26. The molecule has 2 amide bonds. The van der Waals surface area contributed by atoms with Crippen molar-refractivity contribution in [3.05, 3.63) is 88.1 Å². The van der Waals surface area contributed by atoms with Crippen molar-refractivity contribution in [1.82, 2.24) is 14.9 Å². The van der Waals surface area contributed by atoms with E-state index in [0.29, 0.717) is 18.7 Å². The van der Waals surface area contributed by atoms with E-state index in [1.807, 2.05) is 48.5 Å². The molecule has 0 saturated carbocycles. The molecule has 1 spiro atoms. The number of methoxy groups -OCH3 is 1. The predicted molar refractivity (Wildman–Crippen MR) is 113 cm³/mol. The number of nitrogens with zero attached hydrogens (tertiary/aromatic N) is 2. The highest BCUT2D eigenvalue weighted by Crippen LogP contribution is 2.55. The minimum Gasteiger partial charge on any atom is -0.497 e. The number of hydrogen-bond donors (Lipinski definition) is 2. The molecule has 1 aromatic heterocycles. The fourth-order valence-electron chi connectivity index (χ4n) is 4.82. The quantitative estimate of drug-likeness (QED) is 0.682. The summed E-state index contributed by atoms with van der Waals surface area (Å²) in [5.41, 5.74) is 1.09. The van der Waals surface area contributed by atoms with E-state index in [2.05, 4.69) is 15.3 Å². The summed E-state index contributed by atoms with van der Waals surface area (Å²) in [6, 6.07) is 14.4. The number of carbonyl (C=O) groups is 2. The lowest BCUT2D eigenvalue weighted by Gasteiger charge is -2.34. The van der Waals surface area contributed by atoms with Crippen LogP contribution >= 0.6 is 0 Å². The van der Waals surface area contributed by atoms with Crippen LogP contribution in [0.5, 0.6) is 5.75 Å². The molecule has 3 aromatic rings. The molecule has 31 heavy (non-hydrogen) atoms. The molecule has 2 aromatic carbocycles. The minimum atomic E-state index is -0.943. The maximum Gasteiger partial charge on any atom is 0.272 e. The maximum absolute atomic E-state index is 13.4. The van der Waals surface area contributed by atoms with Gasteiger partial charge in [0.2, 0.25) is 5.91 Å². The lowest BCUT2D eigenvalue weighted by molar-refractivity contribution is -0.121. The zero-order valence-electron chi connectivity index (χ0n) is 16.8. The summed E-state index contributed by atoms with van der Waals surface area (Å²) in [7, 11) is 1.57. The van der Waals surface area contributed by atoms with Crippen LogP contribution in [-0.2, 0) is 10.2 Å². The summed E-state index contributed by atoms with van der Waals surface area (Å²) < 4.78 is 5.40. The lowest BCUT2D eigenvalue weighted by Crippen LogP contribution is -2.43. The van der Waals surface area contributed by atoms with Gasteiger partial charge in [0.25, 0.3) is 11.5 Å². The summed E-state index contributed by atoms with van der Waals surface area (Å²) in [5, 5.41) is 2.99. The Morgan fingerprint density at radius 3 is 2.81 bits per heavy atom. The van der Waals surface area contributed by atoms with Crippen LogP contribution in [0, 0.1) is 0 Å². The monoisotopic (exact) mass is 416 g/mol. The number of likely N-dealkylation sites (tertiary alicyclic amines) is 1. The molecule has 1 saturated heterocycles. The van der Waals surface area contributed by atoms with E-state index in [0.717, 1.165) is 23.0 Å². The number of aromatic nitrogens is 2. The van der Waals surface area contributed by atoms with E-state index in [9.17, 15) is 14.4 Å². The maximum atomic E-state index is 13.4. The first-order valence-electron chi connectivity index (χ1n) is 9.95. The number of ether oxygens (including phenoxy) is 1. The van der Waals surface area contributed by atoms with Crippen molar-refractivity contribution < 1.29 is 14.3 Å². The van der Waals surface area contributed by atoms with Gasteiger partial charge in [-0.15, -0.1) is 0 Å². The van der Waals surface area contributed by atoms with Gasteiger partial charge in [-0.1, -0.05) is 30.3 Å². The molecule has 8 nitrogen and oxygen atoms in total. The van der Waals surface area contributed by atoms with Gasteiger partial charge in [0.05, 0.1) is 25.5 Å². The molecule has 1 fully saturated rings. The van der Waals surface area contributed by atoms with Gasteiger partial charge in [0.15, 0.2) is 0 Å². The van der Waals surface area contributed by atoms with E-state index < -0.39 is 17.0 Å². The number of carbonyl (C=O) groups excluding carboxylic acids is 2. The van der Waals surface area contributed by atoms with Gasteiger partial charge in [-0.3, -0.25) is 19.4 Å². The topological polar surface area (TPSA) is 104 Å². The smallest absolute Gasteiger partial charge is 0.272 e. The molecule has 2 unspecified atom stereocenters. The first-order chi connectivity index (χ1) is 15.0. The second-order valence-corrected chi connectivity index (χ2v) is 7.71. The van der Waals surface area contributed by atoms with Gasteiger partial charge in [-0.05, 0) is 35.7 Å². The molecule has 2 atom stereocenters. The Balaban J connectivity index is 1.69. The van der Waals surface area contributed by atoms with Crippen molar-refractivity contribution in [3.8, 4) is 5.75 Å². The first-order valence-corrected chi connectivity index (χ1v) is 9.95. The fraction of sp³-hybridized carbons (Fsp3) is 0.217. The Morgan fingerprint density at radius 2 is 2.00 bits per heavy atom. The molecule has 2 aliphatic heterocycles. The van der Waals surface area contributed by atoms with Gasteiger partial charge in [-0.2, -0.15) is 0 Å². The molecular weight excluding hydrogens is 396 g/mol. The number of rotatable bonds is 3. The van der Waals surface area contributed by atoms with Crippen molar-refractivity contribution in [2.45, 2.75) is 17.9 Å². The zero-order valence-corrected chi connectivity index (χ0v) is 16.8. The minimum absolute atomic E-state index is 0.0872. The Bertz CT molecular complexity index is 1250.